The summed E-state index contributed by atoms with van der Waals surface area (Å²) < 4.78 is 3.05. The number of rotatable bonds is 3. The number of hydrogen-bond acceptors (Lipinski definition) is 5. The van der Waals surface area contributed by atoms with Crippen LogP contribution in [0.2, 0.25) is 15.1 Å². The Bertz CT molecular complexity index is 1030. The van der Waals surface area contributed by atoms with Crippen molar-refractivity contribution in [3.05, 3.63) is 62.0 Å². The van der Waals surface area contributed by atoms with Crippen molar-refractivity contribution < 1.29 is 0 Å². The number of benzene rings is 1. The van der Waals surface area contributed by atoms with E-state index in [1.165, 1.54) is 6.20 Å². The van der Waals surface area contributed by atoms with Gasteiger partial charge in [-0.1, -0.05) is 34.8 Å². The van der Waals surface area contributed by atoms with Gasteiger partial charge in [-0.15, -0.1) is 0 Å². The van der Waals surface area contributed by atoms with Gasteiger partial charge in [0.15, 0.2) is 0 Å². The van der Waals surface area contributed by atoms with E-state index in [0.29, 0.717) is 10.7 Å². The van der Waals surface area contributed by atoms with Crippen molar-refractivity contribution in [2.45, 2.75) is 25.4 Å². The molecule has 1 atom stereocenters. The van der Waals surface area contributed by atoms with E-state index in [1.54, 1.807) is 18.5 Å². The molecule has 1 N–H and O–H groups in total. The molecule has 2 aromatic heterocycles. The molecule has 3 heterocycles. The van der Waals surface area contributed by atoms with Crippen molar-refractivity contribution in [3.63, 3.8) is 0 Å². The summed E-state index contributed by atoms with van der Waals surface area (Å²) in [5.74, 6) is 0.995. The summed E-state index contributed by atoms with van der Waals surface area (Å²) >= 11 is 18.1. The van der Waals surface area contributed by atoms with Crippen LogP contribution < -0.4 is 10.9 Å². The first kappa shape index (κ1) is 17.3. The molecule has 0 saturated heterocycles. The number of hydrogen-bond donors (Lipinski definition) is 1. The van der Waals surface area contributed by atoms with Crippen molar-refractivity contribution in [3.8, 4) is 5.69 Å². The average Bonchev–Trinajstić information content (AvgIpc) is 3.09. The third-order valence-electron chi connectivity index (χ3n) is 4.24. The second kappa shape index (κ2) is 6.90. The number of aromatic nitrogens is 5. The predicted molar refractivity (Wildman–Crippen MR) is 101 cm³/mol. The third-order valence-corrected chi connectivity index (χ3v) is 5.30. The first-order valence-corrected chi connectivity index (χ1v) is 9.03. The lowest BCUT2D eigenvalue weighted by Crippen LogP contribution is -2.32. The molecule has 134 valence electrons. The highest BCUT2D eigenvalue weighted by Gasteiger charge is 2.20. The number of aryl methyl sites for hydroxylation is 1. The van der Waals surface area contributed by atoms with E-state index < -0.39 is 5.56 Å². The first-order chi connectivity index (χ1) is 12.5. The fourth-order valence-corrected chi connectivity index (χ4v) is 3.41. The number of halogens is 3. The molecule has 1 aliphatic rings. The Morgan fingerprint density at radius 1 is 1.15 bits per heavy atom. The maximum Gasteiger partial charge on any atom is 0.291 e. The fraction of sp³-hybridized carbons (Fsp3) is 0.250. The quantitative estimate of drug-likeness (QED) is 0.716. The Morgan fingerprint density at radius 3 is 2.81 bits per heavy atom. The van der Waals surface area contributed by atoms with Crippen LogP contribution in [0.5, 0.6) is 0 Å². The summed E-state index contributed by atoms with van der Waals surface area (Å²) in [7, 11) is 0. The zero-order valence-corrected chi connectivity index (χ0v) is 15.6. The predicted octanol–water partition coefficient (Wildman–Crippen LogP) is 3.21. The molecule has 3 aromatic rings. The van der Waals surface area contributed by atoms with Crippen LogP contribution in [0.1, 0.15) is 12.2 Å². The van der Waals surface area contributed by atoms with Crippen LogP contribution in [0.4, 0.5) is 5.69 Å². The van der Waals surface area contributed by atoms with Gasteiger partial charge in [-0.3, -0.25) is 4.79 Å². The molecule has 1 aliphatic heterocycles. The topological polar surface area (TPSA) is 77.6 Å². The molecule has 0 amide bonds. The minimum Gasteiger partial charge on any atom is -0.379 e. The van der Waals surface area contributed by atoms with Crippen LogP contribution in [-0.2, 0) is 13.0 Å². The molecule has 26 heavy (non-hydrogen) atoms. The van der Waals surface area contributed by atoms with Gasteiger partial charge in [-0.25, -0.2) is 9.67 Å². The normalized spacial score (nSPS) is 16.3. The van der Waals surface area contributed by atoms with Crippen LogP contribution in [0.3, 0.4) is 0 Å². The molecule has 7 nitrogen and oxygen atoms in total. The molecule has 1 unspecified atom stereocenters. The van der Waals surface area contributed by atoms with Gasteiger partial charge in [0.05, 0.1) is 34.2 Å². The monoisotopic (exact) mass is 410 g/mol. The molecular weight excluding hydrogens is 399 g/mol. The smallest absolute Gasteiger partial charge is 0.291 e. The first-order valence-electron chi connectivity index (χ1n) is 7.89. The van der Waals surface area contributed by atoms with Gasteiger partial charge in [-0.2, -0.15) is 14.9 Å². The van der Waals surface area contributed by atoms with Crippen LogP contribution in [0, 0.1) is 0 Å². The molecule has 10 heteroatoms. The highest BCUT2D eigenvalue weighted by atomic mass is 35.5. The van der Waals surface area contributed by atoms with Crippen LogP contribution in [0.25, 0.3) is 5.69 Å². The Hall–Kier alpha value is -2.09. The number of nitrogens with zero attached hydrogens (tertiary/aromatic N) is 5. The molecule has 0 aliphatic carbocycles. The van der Waals surface area contributed by atoms with E-state index >= 15 is 0 Å². The highest BCUT2D eigenvalue weighted by molar-refractivity contribution is 6.41. The molecular formula is C16H13Cl3N6O. The fourth-order valence-electron chi connectivity index (χ4n) is 2.92. The van der Waals surface area contributed by atoms with E-state index in [9.17, 15) is 4.79 Å². The number of anilines is 1. The molecule has 0 fully saturated rings. The van der Waals surface area contributed by atoms with Gasteiger partial charge in [0.1, 0.15) is 17.2 Å². The van der Waals surface area contributed by atoms with Crippen LogP contribution >= 0.6 is 34.8 Å². The Labute approximate surface area is 163 Å². The standard InChI is InChI=1S/C16H13Cl3N6O/c17-11-5-10(25-16(26)15(19)12(18)6-21-25)2-3-13(11)23-9-1-4-14-20-8-22-24(14)7-9/h2-3,5-6,8-9,23H,1,4,7H2. The Morgan fingerprint density at radius 2 is 2.00 bits per heavy atom. The molecule has 0 saturated carbocycles. The van der Waals surface area contributed by atoms with Crippen molar-refractivity contribution in [2.75, 3.05) is 5.32 Å². The second-order valence-corrected chi connectivity index (χ2v) is 7.12. The summed E-state index contributed by atoms with van der Waals surface area (Å²) in [4.78, 5) is 16.4. The molecule has 4 rings (SSSR count). The zero-order valence-electron chi connectivity index (χ0n) is 13.4. The lowest BCUT2D eigenvalue weighted by Gasteiger charge is -2.25. The van der Waals surface area contributed by atoms with E-state index in [1.807, 2.05) is 10.7 Å². The Kier molecular flexibility index (Phi) is 4.60. The summed E-state index contributed by atoms with van der Waals surface area (Å²) in [5, 5.41) is 12.1. The third kappa shape index (κ3) is 3.18. The summed E-state index contributed by atoms with van der Waals surface area (Å²) in [6.07, 6.45) is 4.69. The van der Waals surface area contributed by atoms with Crippen molar-refractivity contribution in [1.29, 1.82) is 0 Å². The average molecular weight is 412 g/mol. The van der Waals surface area contributed by atoms with Crippen LogP contribution in [-0.4, -0.2) is 30.6 Å². The van der Waals surface area contributed by atoms with E-state index in [0.717, 1.165) is 35.6 Å². The lowest BCUT2D eigenvalue weighted by atomic mass is 10.1. The van der Waals surface area contributed by atoms with Gasteiger partial charge < -0.3 is 5.32 Å². The van der Waals surface area contributed by atoms with E-state index in [-0.39, 0.29) is 16.1 Å². The largest absolute Gasteiger partial charge is 0.379 e. The summed E-state index contributed by atoms with van der Waals surface area (Å²) in [6, 6.07) is 5.41. The number of fused-ring (bicyclic) bond motifs is 1. The maximum atomic E-state index is 12.2. The van der Waals surface area contributed by atoms with Crippen molar-refractivity contribution in [2.24, 2.45) is 0 Å². The zero-order chi connectivity index (χ0) is 18.3. The molecule has 0 bridgehead atoms. The lowest BCUT2D eigenvalue weighted by molar-refractivity contribution is 0.441. The van der Waals surface area contributed by atoms with Crippen molar-refractivity contribution >= 4 is 40.5 Å². The van der Waals surface area contributed by atoms with Crippen LogP contribution in [0.15, 0.2) is 35.5 Å². The highest BCUT2D eigenvalue weighted by Crippen LogP contribution is 2.27. The maximum absolute atomic E-state index is 12.2. The van der Waals surface area contributed by atoms with E-state index in [4.69, 9.17) is 34.8 Å². The van der Waals surface area contributed by atoms with Crippen molar-refractivity contribution in [1.82, 2.24) is 24.5 Å². The van der Waals surface area contributed by atoms with E-state index in [2.05, 4.69) is 20.5 Å². The minimum atomic E-state index is -0.498. The molecule has 0 spiro atoms. The van der Waals surface area contributed by atoms with Gasteiger partial charge in [0.25, 0.3) is 5.56 Å². The summed E-state index contributed by atoms with van der Waals surface area (Å²) in [5.41, 5.74) is 0.783. The van der Waals surface area contributed by atoms with Gasteiger partial charge in [0, 0.05) is 12.5 Å². The Balaban J connectivity index is 1.57. The van der Waals surface area contributed by atoms with Gasteiger partial charge in [0.2, 0.25) is 0 Å². The van der Waals surface area contributed by atoms with Gasteiger partial charge in [-0.05, 0) is 24.6 Å². The SMILES string of the molecule is O=c1c(Cl)c(Cl)cnn1-c1ccc(NC2CCc3ncnn3C2)c(Cl)c1. The van der Waals surface area contributed by atoms with Gasteiger partial charge >= 0.3 is 0 Å². The summed E-state index contributed by atoms with van der Waals surface area (Å²) in [6.45, 7) is 0.723. The minimum absolute atomic E-state index is 0.0779. The molecule has 1 aromatic carbocycles. The number of nitrogens with one attached hydrogen (secondary N) is 1. The second-order valence-electron chi connectivity index (χ2n) is 5.93. The molecule has 0 radical (unpaired) electrons.